The Kier molecular flexibility index (Phi) is 8.33. The van der Waals surface area contributed by atoms with Gasteiger partial charge in [0, 0.05) is 23.0 Å². The molecule has 0 saturated carbocycles. The van der Waals surface area contributed by atoms with E-state index in [-0.39, 0.29) is 5.56 Å². The molecule has 154 valence electrons. The molecule has 0 aliphatic carbocycles. The number of halogens is 1. The van der Waals surface area contributed by atoms with E-state index in [1.165, 1.54) is 18.5 Å². The molecule has 0 bridgehead atoms. The Bertz CT molecular complexity index is 1060. The van der Waals surface area contributed by atoms with E-state index in [4.69, 9.17) is 0 Å². The highest BCUT2D eigenvalue weighted by atomic mass is 19.1. The van der Waals surface area contributed by atoms with Gasteiger partial charge in [-0.05, 0) is 58.8 Å². The molecule has 0 fully saturated rings. The van der Waals surface area contributed by atoms with Crippen molar-refractivity contribution in [2.45, 2.75) is 20.3 Å². The quantitative estimate of drug-likeness (QED) is 0.489. The number of rotatable bonds is 3. The van der Waals surface area contributed by atoms with Crippen molar-refractivity contribution < 1.29 is 9.18 Å². The predicted octanol–water partition coefficient (Wildman–Crippen LogP) is 3.94. The van der Waals surface area contributed by atoms with Gasteiger partial charge in [0.15, 0.2) is 6.29 Å². The maximum Gasteiger partial charge on any atom is 0.152 e. The average Bonchev–Trinajstić information content (AvgIpc) is 2.72. The topological polar surface area (TPSA) is 59.0 Å². The number of aryl methyl sites for hydroxylation is 2. The maximum atomic E-state index is 14.0. The Morgan fingerprint density at radius 1 is 1.07 bits per heavy atom. The van der Waals surface area contributed by atoms with E-state index >= 15 is 0 Å². The third kappa shape index (κ3) is 6.29. The minimum Gasteiger partial charge on any atom is -0.312 e. The number of carbonyl (C=O) groups is 1. The largest absolute Gasteiger partial charge is 0.312 e. The Labute approximate surface area is 177 Å². The molecular weight excluding hydrogens is 379 g/mol. The standard InChI is InChI=1S/C21H16FN3O.C3H9N/c1-3-20-18(9-6-15-5-4-14(2)23-11-15)21(25-13-24-20)16-7-8-17(12-26)19(22)10-16;1-4(2)3/h4-5,7-8,10-13H,3H2,1-2H3;1-3H3. The van der Waals surface area contributed by atoms with E-state index in [0.717, 1.165) is 17.0 Å². The lowest BCUT2D eigenvalue weighted by atomic mass is 10.0. The van der Waals surface area contributed by atoms with Gasteiger partial charge in [0.1, 0.15) is 12.1 Å². The molecule has 0 radical (unpaired) electrons. The summed E-state index contributed by atoms with van der Waals surface area (Å²) in [4.78, 5) is 25.6. The molecule has 0 spiro atoms. The Hall–Kier alpha value is -3.43. The van der Waals surface area contributed by atoms with Gasteiger partial charge in [-0.2, -0.15) is 0 Å². The molecule has 3 rings (SSSR count). The maximum absolute atomic E-state index is 14.0. The molecule has 0 N–H and O–H groups in total. The second kappa shape index (κ2) is 10.9. The molecule has 0 aliphatic heterocycles. The van der Waals surface area contributed by atoms with Gasteiger partial charge < -0.3 is 4.90 Å². The number of aromatic nitrogens is 3. The molecular formula is C24H25FN4O. The summed E-state index contributed by atoms with van der Waals surface area (Å²) in [5, 5.41) is 0. The van der Waals surface area contributed by atoms with Crippen LogP contribution in [-0.4, -0.2) is 47.3 Å². The fraction of sp³-hybridized carbons (Fsp3) is 0.250. The molecule has 30 heavy (non-hydrogen) atoms. The molecule has 2 heterocycles. The summed E-state index contributed by atoms with van der Waals surface area (Å²) >= 11 is 0. The molecule has 5 nitrogen and oxygen atoms in total. The van der Waals surface area contributed by atoms with Crippen molar-refractivity contribution >= 4 is 6.29 Å². The zero-order chi connectivity index (χ0) is 22.1. The van der Waals surface area contributed by atoms with E-state index in [2.05, 4.69) is 26.8 Å². The lowest BCUT2D eigenvalue weighted by molar-refractivity contribution is 0.112. The number of hydrogen-bond acceptors (Lipinski definition) is 5. The van der Waals surface area contributed by atoms with Gasteiger partial charge >= 0.3 is 0 Å². The van der Waals surface area contributed by atoms with Crippen LogP contribution in [0, 0.1) is 24.6 Å². The van der Waals surface area contributed by atoms with Gasteiger partial charge in [0.05, 0.1) is 22.5 Å². The van der Waals surface area contributed by atoms with Gasteiger partial charge in [-0.3, -0.25) is 9.78 Å². The molecule has 3 aromatic rings. The molecule has 1 aromatic carbocycles. The van der Waals surface area contributed by atoms with E-state index in [1.807, 2.05) is 52.0 Å². The zero-order valence-corrected chi connectivity index (χ0v) is 17.9. The molecule has 0 unspecified atom stereocenters. The monoisotopic (exact) mass is 404 g/mol. The van der Waals surface area contributed by atoms with Crippen molar-refractivity contribution in [2.75, 3.05) is 21.1 Å². The molecule has 0 aliphatic rings. The normalized spacial score (nSPS) is 9.97. The van der Waals surface area contributed by atoms with Crippen LogP contribution >= 0.6 is 0 Å². The lowest BCUT2D eigenvalue weighted by Crippen LogP contribution is -2.00. The van der Waals surface area contributed by atoms with Crippen LogP contribution in [0.25, 0.3) is 11.3 Å². The molecule has 0 amide bonds. The first-order valence-corrected chi connectivity index (χ1v) is 9.50. The molecule has 6 heteroatoms. The third-order valence-electron chi connectivity index (χ3n) is 3.90. The Morgan fingerprint density at radius 3 is 2.37 bits per heavy atom. The van der Waals surface area contributed by atoms with Gasteiger partial charge in [-0.1, -0.05) is 24.8 Å². The van der Waals surface area contributed by atoms with E-state index < -0.39 is 5.82 Å². The van der Waals surface area contributed by atoms with Crippen LogP contribution in [0.4, 0.5) is 4.39 Å². The van der Waals surface area contributed by atoms with Gasteiger partial charge in [0.25, 0.3) is 0 Å². The van der Waals surface area contributed by atoms with Crippen LogP contribution in [0.15, 0.2) is 42.9 Å². The van der Waals surface area contributed by atoms with E-state index in [0.29, 0.717) is 29.5 Å². The van der Waals surface area contributed by atoms with Crippen LogP contribution in [0.5, 0.6) is 0 Å². The predicted molar refractivity (Wildman–Crippen MR) is 117 cm³/mol. The van der Waals surface area contributed by atoms with Gasteiger partial charge in [-0.15, -0.1) is 0 Å². The minimum absolute atomic E-state index is 0.0110. The van der Waals surface area contributed by atoms with Crippen molar-refractivity contribution in [3.63, 3.8) is 0 Å². The highest BCUT2D eigenvalue weighted by Gasteiger charge is 2.12. The summed E-state index contributed by atoms with van der Waals surface area (Å²) in [7, 11) is 6.00. The first kappa shape index (κ1) is 22.9. The first-order valence-electron chi connectivity index (χ1n) is 9.50. The van der Waals surface area contributed by atoms with Gasteiger partial charge in [-0.25, -0.2) is 14.4 Å². The number of nitrogens with zero attached hydrogens (tertiary/aromatic N) is 4. The average molecular weight is 404 g/mol. The van der Waals surface area contributed by atoms with Crippen molar-refractivity contribution in [3.8, 4) is 23.1 Å². The number of aldehydes is 1. The third-order valence-corrected chi connectivity index (χ3v) is 3.90. The highest BCUT2D eigenvalue weighted by Crippen LogP contribution is 2.24. The van der Waals surface area contributed by atoms with Gasteiger partial charge in [0.2, 0.25) is 0 Å². The SMILES string of the molecule is CCc1ncnc(-c2ccc(C=O)c(F)c2)c1C#Cc1ccc(C)nc1.CN(C)C. The molecule has 0 saturated heterocycles. The van der Waals surface area contributed by atoms with Crippen LogP contribution in [0.2, 0.25) is 0 Å². The first-order chi connectivity index (χ1) is 14.3. The lowest BCUT2D eigenvalue weighted by Gasteiger charge is -2.08. The summed E-state index contributed by atoms with van der Waals surface area (Å²) < 4.78 is 14.0. The number of hydrogen-bond donors (Lipinski definition) is 0. The second-order valence-corrected chi connectivity index (χ2v) is 7.03. The van der Waals surface area contributed by atoms with E-state index in [1.54, 1.807) is 12.3 Å². The summed E-state index contributed by atoms with van der Waals surface area (Å²) in [6, 6.07) is 8.17. The highest BCUT2D eigenvalue weighted by molar-refractivity contribution is 5.78. The van der Waals surface area contributed by atoms with E-state index in [9.17, 15) is 9.18 Å². The van der Waals surface area contributed by atoms with Crippen molar-refractivity contribution in [2.24, 2.45) is 0 Å². The Balaban J connectivity index is 0.000000735. The summed E-state index contributed by atoms with van der Waals surface area (Å²) in [5.74, 6) is 5.59. The van der Waals surface area contributed by atoms with Crippen LogP contribution in [-0.2, 0) is 6.42 Å². The number of pyridine rings is 1. The van der Waals surface area contributed by atoms with Crippen molar-refractivity contribution in [1.82, 2.24) is 19.9 Å². The van der Waals surface area contributed by atoms with Crippen LogP contribution in [0.3, 0.4) is 0 Å². The van der Waals surface area contributed by atoms with Crippen molar-refractivity contribution in [1.29, 1.82) is 0 Å². The van der Waals surface area contributed by atoms with Crippen molar-refractivity contribution in [3.05, 3.63) is 76.8 Å². The number of carbonyl (C=O) groups excluding carboxylic acids is 1. The smallest absolute Gasteiger partial charge is 0.152 e. The zero-order valence-electron chi connectivity index (χ0n) is 17.9. The second-order valence-electron chi connectivity index (χ2n) is 7.03. The molecule has 2 aromatic heterocycles. The van der Waals surface area contributed by atoms with Crippen LogP contribution < -0.4 is 0 Å². The fourth-order valence-corrected chi connectivity index (χ4v) is 2.49. The summed E-state index contributed by atoms with van der Waals surface area (Å²) in [6.45, 7) is 3.88. The van der Waals surface area contributed by atoms with Crippen LogP contribution in [0.1, 0.15) is 39.8 Å². The molecule has 0 atom stereocenters. The summed E-state index contributed by atoms with van der Waals surface area (Å²) in [6.07, 6.45) is 4.30. The number of benzene rings is 1. The minimum atomic E-state index is -0.587. The fourth-order valence-electron chi connectivity index (χ4n) is 2.49. The Morgan fingerprint density at radius 2 is 1.80 bits per heavy atom. The summed E-state index contributed by atoms with van der Waals surface area (Å²) in [5.41, 5.74) is 4.22.